The summed E-state index contributed by atoms with van der Waals surface area (Å²) >= 11 is 0. The lowest BCUT2D eigenvalue weighted by Crippen LogP contribution is -2.61. The van der Waals surface area contributed by atoms with E-state index in [1.165, 1.54) is 9.80 Å². The number of hydrogen-bond donors (Lipinski definition) is 5. The van der Waals surface area contributed by atoms with Crippen molar-refractivity contribution in [3.8, 4) is 0 Å². The van der Waals surface area contributed by atoms with Gasteiger partial charge in [-0.3, -0.25) is 28.8 Å². The van der Waals surface area contributed by atoms with Gasteiger partial charge in [0.25, 0.3) is 5.91 Å². The number of anilines is 1. The van der Waals surface area contributed by atoms with Crippen molar-refractivity contribution in [1.82, 2.24) is 31.1 Å². The lowest BCUT2D eigenvalue weighted by Gasteiger charge is -2.38. The van der Waals surface area contributed by atoms with Crippen LogP contribution in [-0.2, 0) is 28.8 Å². The zero-order chi connectivity index (χ0) is 40.0. The normalized spacial score (nSPS) is 19.9. The van der Waals surface area contributed by atoms with Crippen molar-refractivity contribution in [3.63, 3.8) is 0 Å². The van der Waals surface area contributed by atoms with Crippen LogP contribution in [-0.4, -0.2) is 96.5 Å². The van der Waals surface area contributed by atoms with Crippen LogP contribution in [0.1, 0.15) is 72.4 Å². The van der Waals surface area contributed by atoms with Gasteiger partial charge in [-0.1, -0.05) is 103 Å². The highest BCUT2D eigenvalue weighted by Crippen LogP contribution is 2.65. The van der Waals surface area contributed by atoms with Crippen molar-refractivity contribution < 1.29 is 33.6 Å². The van der Waals surface area contributed by atoms with Crippen molar-refractivity contribution in [3.05, 3.63) is 66.2 Å². The fraction of sp³-hybridized carbons (Fsp3) is 0.525. The lowest BCUT2D eigenvalue weighted by molar-refractivity contribution is -0.145. The van der Waals surface area contributed by atoms with Crippen molar-refractivity contribution >= 4 is 47.0 Å². The molecule has 2 aromatic rings. The molecule has 14 heteroatoms. The molecule has 1 aliphatic heterocycles. The molecule has 54 heavy (non-hydrogen) atoms. The Kier molecular flexibility index (Phi) is 13.3. The molecular formula is C40H55N7O7. The molecule has 6 unspecified atom stereocenters. The van der Waals surface area contributed by atoms with Gasteiger partial charge in [0.2, 0.25) is 29.4 Å². The van der Waals surface area contributed by atoms with E-state index in [2.05, 4.69) is 26.6 Å². The summed E-state index contributed by atoms with van der Waals surface area (Å²) in [5.74, 6) is -4.19. The second-order valence-corrected chi connectivity index (χ2v) is 16.0. The maximum Gasteiger partial charge on any atom is 0.319 e. The number of amides is 7. The lowest BCUT2D eigenvalue weighted by atomic mass is 9.85. The van der Waals surface area contributed by atoms with E-state index in [1.807, 2.05) is 47.6 Å². The van der Waals surface area contributed by atoms with Crippen LogP contribution >= 0.6 is 0 Å². The number of nitrogens with zero attached hydrogens (tertiary/aromatic N) is 2. The smallest absolute Gasteiger partial charge is 0.319 e. The van der Waals surface area contributed by atoms with Crippen LogP contribution in [0.5, 0.6) is 0 Å². The molecule has 2 aliphatic rings. The Balaban J connectivity index is 1.46. The molecule has 6 atom stereocenters. The van der Waals surface area contributed by atoms with E-state index in [1.54, 1.807) is 68.7 Å². The van der Waals surface area contributed by atoms with Crippen molar-refractivity contribution in [2.45, 2.75) is 85.0 Å². The number of fused-ring (bicyclic) bond motifs is 1. The molecule has 0 spiro atoms. The maximum absolute atomic E-state index is 14.3. The first-order valence-corrected chi connectivity index (χ1v) is 18.5. The van der Waals surface area contributed by atoms with Crippen LogP contribution in [0, 0.1) is 22.7 Å². The number of carbonyl (C=O) groups is 7. The average molecular weight is 746 g/mol. The SMILES string of the molecule is CCCCC(NC(=O)C1C2C(CN1C(=O)C(NC(=O)Nc1ccccc1)C(C)(C)C)C2(C)C)C(=O)C(=O)NCC(=O)NC(C(=O)N(C)C)c1ccccc1. The monoisotopic (exact) mass is 745 g/mol. The quantitative estimate of drug-likeness (QED) is 0.174. The minimum absolute atomic E-state index is 0.0293. The molecule has 292 valence electrons. The third-order valence-corrected chi connectivity index (χ3v) is 10.4. The topological polar surface area (TPSA) is 186 Å². The largest absolute Gasteiger partial charge is 0.347 e. The van der Waals surface area contributed by atoms with Crippen molar-refractivity contribution in [2.24, 2.45) is 22.7 Å². The standard InChI is InChI=1S/C40H55N7O7/c1-9-10-21-27(32(49)35(51)41-22-28(48)44-30(36(52)46(7)8)24-17-13-11-14-18-24)43-34(50)31-29-26(40(29,5)6)23-47(31)37(53)33(39(2,3)4)45-38(54)42-25-19-15-12-16-20-25/h11-20,26-27,29-31,33H,9-10,21-23H2,1-8H3,(H,41,51)(H,43,50)(H,44,48)(H2,42,45,54). The van der Waals surface area contributed by atoms with Crippen molar-refractivity contribution in [1.29, 1.82) is 0 Å². The Labute approximate surface area is 317 Å². The first-order chi connectivity index (χ1) is 25.4. The highest BCUT2D eigenvalue weighted by molar-refractivity contribution is 6.38. The Morgan fingerprint density at radius 3 is 2.07 bits per heavy atom. The summed E-state index contributed by atoms with van der Waals surface area (Å²) in [6.45, 7) is 11.2. The third kappa shape index (κ3) is 9.83. The van der Waals surface area contributed by atoms with Crippen LogP contribution in [0.4, 0.5) is 10.5 Å². The van der Waals surface area contributed by atoms with Crippen molar-refractivity contribution in [2.75, 3.05) is 32.5 Å². The molecule has 1 heterocycles. The number of urea groups is 1. The van der Waals surface area contributed by atoms with E-state index in [9.17, 15) is 33.6 Å². The Hall–Kier alpha value is -5.27. The Bertz CT molecular complexity index is 1710. The number of carbonyl (C=O) groups excluding carboxylic acids is 7. The summed E-state index contributed by atoms with van der Waals surface area (Å²) < 4.78 is 0. The van der Waals surface area contributed by atoms with E-state index in [4.69, 9.17) is 0 Å². The molecule has 1 aliphatic carbocycles. The van der Waals surface area contributed by atoms with Gasteiger partial charge < -0.3 is 36.4 Å². The molecule has 1 saturated carbocycles. The summed E-state index contributed by atoms with van der Waals surface area (Å²) in [5, 5.41) is 13.3. The van der Waals surface area contributed by atoms with Crippen LogP contribution in [0.25, 0.3) is 0 Å². The first-order valence-electron chi connectivity index (χ1n) is 18.5. The third-order valence-electron chi connectivity index (χ3n) is 10.4. The molecule has 7 amide bonds. The van der Waals surface area contributed by atoms with E-state index in [0.29, 0.717) is 30.6 Å². The van der Waals surface area contributed by atoms with Gasteiger partial charge in [-0.25, -0.2) is 4.79 Å². The molecule has 14 nitrogen and oxygen atoms in total. The second kappa shape index (κ2) is 17.3. The molecule has 2 aromatic carbocycles. The zero-order valence-corrected chi connectivity index (χ0v) is 32.5. The molecule has 0 aromatic heterocycles. The van der Waals surface area contributed by atoms with Gasteiger partial charge >= 0.3 is 6.03 Å². The van der Waals surface area contributed by atoms with E-state index in [-0.39, 0.29) is 29.6 Å². The molecule has 5 N–H and O–H groups in total. The summed E-state index contributed by atoms with van der Waals surface area (Å²) in [7, 11) is 3.12. The number of para-hydroxylation sites is 1. The minimum Gasteiger partial charge on any atom is -0.347 e. The number of rotatable bonds is 15. The Morgan fingerprint density at radius 2 is 1.50 bits per heavy atom. The maximum atomic E-state index is 14.3. The van der Waals surface area contributed by atoms with E-state index < -0.39 is 71.6 Å². The molecule has 1 saturated heterocycles. The molecular weight excluding hydrogens is 690 g/mol. The summed E-state index contributed by atoms with van der Waals surface area (Å²) in [5.41, 5.74) is 0.141. The number of benzene rings is 2. The highest BCUT2D eigenvalue weighted by atomic mass is 16.2. The predicted molar refractivity (Wildman–Crippen MR) is 204 cm³/mol. The molecule has 0 bridgehead atoms. The number of likely N-dealkylation sites (tertiary alicyclic amines) is 1. The van der Waals surface area contributed by atoms with Gasteiger partial charge in [0.1, 0.15) is 18.1 Å². The fourth-order valence-corrected chi connectivity index (χ4v) is 7.19. The second-order valence-electron chi connectivity index (χ2n) is 16.0. The average Bonchev–Trinajstić information content (AvgIpc) is 3.43. The number of Topliss-reactive ketones (excluding diaryl/α,β-unsaturated/α-hetero) is 1. The Morgan fingerprint density at radius 1 is 0.889 bits per heavy atom. The van der Waals surface area contributed by atoms with Crippen LogP contribution < -0.4 is 26.6 Å². The fourth-order valence-electron chi connectivity index (χ4n) is 7.19. The minimum atomic E-state index is -1.21. The highest BCUT2D eigenvalue weighted by Gasteiger charge is 2.70. The van der Waals surface area contributed by atoms with Crippen LogP contribution in [0.2, 0.25) is 0 Å². The van der Waals surface area contributed by atoms with Gasteiger partial charge in [0, 0.05) is 26.3 Å². The summed E-state index contributed by atoms with van der Waals surface area (Å²) in [6, 6.07) is 12.8. The van der Waals surface area contributed by atoms with Gasteiger partial charge in [-0.15, -0.1) is 0 Å². The predicted octanol–water partition coefficient (Wildman–Crippen LogP) is 3.01. The molecule has 2 fully saturated rings. The van der Waals surface area contributed by atoms with E-state index in [0.717, 1.165) is 0 Å². The van der Waals surface area contributed by atoms with Crippen LogP contribution in [0.3, 0.4) is 0 Å². The number of ketones is 1. The number of nitrogens with one attached hydrogen (secondary N) is 5. The van der Waals surface area contributed by atoms with Gasteiger partial charge in [-0.05, 0) is 46.8 Å². The summed E-state index contributed by atoms with van der Waals surface area (Å²) in [6.07, 6.45) is 1.37. The van der Waals surface area contributed by atoms with Gasteiger partial charge in [-0.2, -0.15) is 0 Å². The number of piperidine rings is 1. The van der Waals surface area contributed by atoms with Gasteiger partial charge in [0.05, 0.1) is 12.6 Å². The molecule has 4 rings (SSSR count). The summed E-state index contributed by atoms with van der Waals surface area (Å²) in [4.78, 5) is 96.8. The number of likely N-dealkylation sites (N-methyl/N-ethyl adjacent to an activating group) is 1. The number of hydrogen-bond acceptors (Lipinski definition) is 7. The first kappa shape index (κ1) is 41.5. The van der Waals surface area contributed by atoms with Crippen LogP contribution in [0.15, 0.2) is 60.7 Å². The van der Waals surface area contributed by atoms with E-state index >= 15 is 0 Å². The van der Waals surface area contributed by atoms with Gasteiger partial charge in [0.15, 0.2) is 0 Å². The molecule has 0 radical (unpaired) electrons. The zero-order valence-electron chi connectivity index (χ0n) is 32.5. The number of unbranched alkanes of at least 4 members (excludes halogenated alkanes) is 1.